The lowest BCUT2D eigenvalue weighted by Crippen LogP contribution is -2.28. The number of hydrogen-bond acceptors (Lipinski definition) is 3. The Morgan fingerprint density at radius 3 is 2.53 bits per heavy atom. The van der Waals surface area contributed by atoms with Gasteiger partial charge in [0, 0.05) is 12.3 Å². The van der Waals surface area contributed by atoms with Crippen LogP contribution in [0.1, 0.15) is 42.5 Å². The van der Waals surface area contributed by atoms with Crippen LogP contribution < -0.4 is 5.32 Å². The molecule has 0 bridgehead atoms. The Bertz CT molecular complexity index is 537. The van der Waals surface area contributed by atoms with Gasteiger partial charge in [-0.25, -0.2) is 8.42 Å². The molecular formula is C15H23NO2S. The number of fused-ring (bicyclic) bond motifs is 1. The summed E-state index contributed by atoms with van der Waals surface area (Å²) in [5, 5.41) is 3.28. The zero-order chi connectivity index (χ0) is 13.9. The Morgan fingerprint density at radius 2 is 1.89 bits per heavy atom. The van der Waals surface area contributed by atoms with E-state index in [1.807, 2.05) is 6.92 Å². The quantitative estimate of drug-likeness (QED) is 0.900. The molecule has 19 heavy (non-hydrogen) atoms. The van der Waals surface area contributed by atoms with Crippen LogP contribution in [0.2, 0.25) is 0 Å². The van der Waals surface area contributed by atoms with Gasteiger partial charge in [-0.15, -0.1) is 0 Å². The number of benzene rings is 1. The minimum atomic E-state index is -2.98. The molecule has 106 valence electrons. The third-order valence-electron chi connectivity index (χ3n) is 3.69. The molecule has 0 fully saturated rings. The van der Waals surface area contributed by atoms with Gasteiger partial charge in [-0.05, 0) is 48.9 Å². The van der Waals surface area contributed by atoms with Crippen LogP contribution in [-0.4, -0.2) is 27.0 Å². The van der Waals surface area contributed by atoms with Crippen LogP contribution in [0, 0.1) is 0 Å². The van der Waals surface area contributed by atoms with Crippen LogP contribution in [0.5, 0.6) is 0 Å². The maximum Gasteiger partial charge on any atom is 0.149 e. The predicted molar refractivity (Wildman–Crippen MR) is 79.2 cm³/mol. The summed E-state index contributed by atoms with van der Waals surface area (Å²) in [6, 6.07) is 6.37. The average molecular weight is 281 g/mol. The van der Waals surface area contributed by atoms with Crippen molar-refractivity contribution in [2.24, 2.45) is 0 Å². The zero-order valence-electron chi connectivity index (χ0n) is 11.8. The fourth-order valence-electron chi connectivity index (χ4n) is 2.79. The first kappa shape index (κ1) is 14.5. The minimum Gasteiger partial charge on any atom is -0.309 e. The molecular weight excluding hydrogens is 258 g/mol. The van der Waals surface area contributed by atoms with Crippen LogP contribution in [0.4, 0.5) is 0 Å². The Balaban J connectivity index is 2.26. The van der Waals surface area contributed by atoms with Crippen LogP contribution in [0.25, 0.3) is 0 Å². The summed E-state index contributed by atoms with van der Waals surface area (Å²) in [7, 11) is -2.98. The molecule has 2 rings (SSSR count). The highest BCUT2D eigenvalue weighted by Gasteiger charge is 2.18. The van der Waals surface area contributed by atoms with E-state index in [1.165, 1.54) is 30.2 Å². The van der Waals surface area contributed by atoms with Gasteiger partial charge in [0.15, 0.2) is 0 Å². The summed E-state index contributed by atoms with van der Waals surface area (Å²) < 4.78 is 23.1. The van der Waals surface area contributed by atoms with Gasteiger partial charge in [-0.3, -0.25) is 0 Å². The first-order valence-electron chi connectivity index (χ1n) is 7.02. The highest BCUT2D eigenvalue weighted by atomic mass is 32.2. The summed E-state index contributed by atoms with van der Waals surface area (Å²) in [6.45, 7) is 2.78. The Kier molecular flexibility index (Phi) is 4.63. The summed E-state index contributed by atoms with van der Waals surface area (Å²) >= 11 is 0. The fraction of sp³-hybridized carbons (Fsp3) is 0.600. The van der Waals surface area contributed by atoms with E-state index in [-0.39, 0.29) is 11.8 Å². The standard InChI is InChI=1S/C15H23NO2S/c1-3-16-15(11-19(2,17)18)14-9-8-12-6-4-5-7-13(12)10-14/h8-10,15-16H,3-7,11H2,1-2H3. The summed E-state index contributed by atoms with van der Waals surface area (Å²) in [4.78, 5) is 0. The summed E-state index contributed by atoms with van der Waals surface area (Å²) in [5.41, 5.74) is 3.94. The van der Waals surface area contributed by atoms with Crippen molar-refractivity contribution < 1.29 is 8.42 Å². The van der Waals surface area contributed by atoms with E-state index in [2.05, 4.69) is 23.5 Å². The van der Waals surface area contributed by atoms with Crippen molar-refractivity contribution in [1.29, 1.82) is 0 Å². The van der Waals surface area contributed by atoms with Gasteiger partial charge in [0.25, 0.3) is 0 Å². The molecule has 1 N–H and O–H groups in total. The number of rotatable bonds is 5. The minimum absolute atomic E-state index is 0.0905. The smallest absolute Gasteiger partial charge is 0.149 e. The monoisotopic (exact) mass is 281 g/mol. The highest BCUT2D eigenvalue weighted by molar-refractivity contribution is 7.90. The molecule has 0 aromatic heterocycles. The average Bonchev–Trinajstić information content (AvgIpc) is 2.36. The molecule has 0 amide bonds. The van der Waals surface area contributed by atoms with Crippen LogP contribution in [0.3, 0.4) is 0 Å². The highest BCUT2D eigenvalue weighted by Crippen LogP contribution is 2.25. The van der Waals surface area contributed by atoms with Gasteiger partial charge < -0.3 is 5.32 Å². The zero-order valence-corrected chi connectivity index (χ0v) is 12.6. The first-order chi connectivity index (χ1) is 8.99. The number of nitrogens with one attached hydrogen (secondary N) is 1. The van der Waals surface area contributed by atoms with Crippen molar-refractivity contribution in [1.82, 2.24) is 5.32 Å². The molecule has 1 aromatic rings. The Hall–Kier alpha value is -0.870. The molecule has 1 aliphatic rings. The largest absolute Gasteiger partial charge is 0.309 e. The van der Waals surface area contributed by atoms with Crippen molar-refractivity contribution in [3.63, 3.8) is 0 Å². The Labute approximate surface area is 116 Å². The number of aryl methyl sites for hydroxylation is 2. The molecule has 0 saturated carbocycles. The maximum absolute atomic E-state index is 11.5. The summed E-state index contributed by atoms with van der Waals surface area (Å²) in [6.07, 6.45) is 6.10. The number of sulfone groups is 1. The fourth-order valence-corrected chi connectivity index (χ4v) is 3.71. The van der Waals surface area contributed by atoms with E-state index in [1.54, 1.807) is 0 Å². The maximum atomic E-state index is 11.5. The lowest BCUT2D eigenvalue weighted by molar-refractivity contribution is 0.562. The topological polar surface area (TPSA) is 46.2 Å². The van der Waals surface area contributed by atoms with Crippen molar-refractivity contribution >= 4 is 9.84 Å². The van der Waals surface area contributed by atoms with Crippen LogP contribution in [-0.2, 0) is 22.7 Å². The van der Waals surface area contributed by atoms with E-state index >= 15 is 0 Å². The molecule has 1 aromatic carbocycles. The third-order valence-corrected chi connectivity index (χ3v) is 4.63. The third kappa shape index (κ3) is 4.05. The second-order valence-electron chi connectivity index (χ2n) is 5.44. The lowest BCUT2D eigenvalue weighted by atomic mass is 9.89. The number of hydrogen-bond donors (Lipinski definition) is 1. The molecule has 0 saturated heterocycles. The predicted octanol–water partition coefficient (Wildman–Crippen LogP) is 2.26. The van der Waals surface area contributed by atoms with E-state index < -0.39 is 9.84 Å². The SMILES string of the molecule is CCNC(CS(C)(=O)=O)c1ccc2c(c1)CCCC2. The van der Waals surface area contributed by atoms with E-state index in [0.29, 0.717) is 0 Å². The normalized spacial score (nSPS) is 16.9. The molecule has 0 spiro atoms. The van der Waals surface area contributed by atoms with Gasteiger partial charge in [0.2, 0.25) is 0 Å². The van der Waals surface area contributed by atoms with E-state index in [4.69, 9.17) is 0 Å². The van der Waals surface area contributed by atoms with Gasteiger partial charge in [0.05, 0.1) is 5.75 Å². The molecule has 0 aliphatic heterocycles. The van der Waals surface area contributed by atoms with Gasteiger partial charge in [-0.2, -0.15) is 0 Å². The lowest BCUT2D eigenvalue weighted by Gasteiger charge is -2.21. The molecule has 1 atom stereocenters. The molecule has 1 aliphatic carbocycles. The molecule has 0 heterocycles. The van der Waals surface area contributed by atoms with Gasteiger partial charge in [-0.1, -0.05) is 25.1 Å². The molecule has 0 radical (unpaired) electrons. The first-order valence-corrected chi connectivity index (χ1v) is 9.08. The van der Waals surface area contributed by atoms with Crippen molar-refractivity contribution in [2.75, 3.05) is 18.6 Å². The van der Waals surface area contributed by atoms with Gasteiger partial charge in [0.1, 0.15) is 9.84 Å². The summed E-state index contributed by atoms with van der Waals surface area (Å²) in [5.74, 6) is 0.166. The second kappa shape index (κ2) is 6.06. The van der Waals surface area contributed by atoms with E-state index in [0.717, 1.165) is 24.9 Å². The van der Waals surface area contributed by atoms with Crippen molar-refractivity contribution in [3.8, 4) is 0 Å². The van der Waals surface area contributed by atoms with E-state index in [9.17, 15) is 8.42 Å². The van der Waals surface area contributed by atoms with Gasteiger partial charge >= 0.3 is 0 Å². The molecule has 1 unspecified atom stereocenters. The van der Waals surface area contributed by atoms with Crippen LogP contribution in [0.15, 0.2) is 18.2 Å². The van der Waals surface area contributed by atoms with Crippen LogP contribution >= 0.6 is 0 Å². The van der Waals surface area contributed by atoms with Crippen molar-refractivity contribution in [2.45, 2.75) is 38.6 Å². The Morgan fingerprint density at radius 1 is 1.21 bits per heavy atom. The molecule has 4 heteroatoms. The molecule has 3 nitrogen and oxygen atoms in total. The van der Waals surface area contributed by atoms with Crippen molar-refractivity contribution in [3.05, 3.63) is 34.9 Å². The second-order valence-corrected chi connectivity index (χ2v) is 7.62.